The lowest BCUT2D eigenvalue weighted by atomic mass is 9.30. The molecule has 15 rings (SSSR count). The van der Waals surface area contributed by atoms with Gasteiger partial charge in [-0.1, -0.05) is 269 Å². The fraction of sp³-hybridized carbons (Fsp3) is 0.327. The molecule has 0 aromatic heterocycles. The van der Waals surface area contributed by atoms with Crippen LogP contribution in [0.5, 0.6) is 23.0 Å². The Morgan fingerprint density at radius 1 is 0.189 bits per heavy atom. The fourth-order valence-electron chi connectivity index (χ4n) is 16.4. The minimum absolute atomic E-state index is 0.0261. The van der Waals surface area contributed by atoms with Crippen LogP contribution in [0.2, 0.25) is 0 Å². The van der Waals surface area contributed by atoms with Crippen LogP contribution in [0.3, 0.4) is 0 Å². The van der Waals surface area contributed by atoms with Crippen molar-refractivity contribution in [3.05, 3.63) is 263 Å². The van der Waals surface area contributed by atoms with Gasteiger partial charge in [-0.25, -0.2) is 0 Å². The zero-order chi connectivity index (χ0) is 75.7. The molecule has 6 nitrogen and oxygen atoms in total. The summed E-state index contributed by atoms with van der Waals surface area (Å²) in [6.45, 7) is 54.9. The summed E-state index contributed by atoms with van der Waals surface area (Å²) in [5.41, 5.74) is 30.2. The maximum atomic E-state index is 7.37. The van der Waals surface area contributed by atoms with Crippen molar-refractivity contribution in [3.63, 3.8) is 0 Å². The molecule has 8 heteroatoms. The first-order valence-electron chi connectivity index (χ1n) is 38.6. The average molecular weight is 1400 g/mol. The predicted molar refractivity (Wildman–Crippen MR) is 457 cm³/mol. The van der Waals surface area contributed by atoms with Gasteiger partial charge in [0.25, 0.3) is 13.4 Å². The molecule has 0 saturated carbocycles. The minimum Gasteiger partial charge on any atom is -0.457 e. The van der Waals surface area contributed by atoms with Gasteiger partial charge in [-0.15, -0.1) is 0 Å². The third-order valence-electron chi connectivity index (χ3n) is 22.8. The Labute approximate surface area is 635 Å². The van der Waals surface area contributed by atoms with Gasteiger partial charge in [-0.3, -0.25) is 0 Å². The second kappa shape index (κ2) is 25.0. The van der Waals surface area contributed by atoms with Gasteiger partial charge in [0.2, 0.25) is 0 Å². The number of nitrogens with zero attached hydrogens (tertiary/aromatic N) is 4. The second-order valence-electron chi connectivity index (χ2n) is 38.9. The van der Waals surface area contributed by atoms with Crippen molar-refractivity contribution >= 4 is 114 Å². The Kier molecular flexibility index (Phi) is 16.9. The summed E-state index contributed by atoms with van der Waals surface area (Å²) >= 11 is 0. The molecule has 0 atom stereocenters. The van der Waals surface area contributed by atoms with E-state index in [-0.39, 0.29) is 56.7 Å². The van der Waals surface area contributed by atoms with Gasteiger partial charge in [-0.2, -0.15) is 0 Å². The molecule has 0 bridgehead atoms. The van der Waals surface area contributed by atoms with Crippen LogP contribution in [0.1, 0.15) is 211 Å². The van der Waals surface area contributed by atoms with Crippen molar-refractivity contribution in [2.75, 3.05) is 19.6 Å². The molecule has 4 heterocycles. The molecule has 0 N–H and O–H groups in total. The lowest BCUT2D eigenvalue weighted by molar-refractivity contribution is 0.481. The summed E-state index contributed by atoms with van der Waals surface area (Å²) in [6.07, 6.45) is 0. The van der Waals surface area contributed by atoms with E-state index in [1.165, 1.54) is 77.3 Å². The Morgan fingerprint density at radius 3 is 0.623 bits per heavy atom. The first kappa shape index (κ1) is 71.9. The molecule has 4 aliphatic rings. The van der Waals surface area contributed by atoms with E-state index in [9.17, 15) is 0 Å². The lowest BCUT2D eigenvalue weighted by Crippen LogP contribution is -2.65. The molecule has 106 heavy (non-hydrogen) atoms. The number of ether oxygens (including phenoxy) is 2. The largest absolute Gasteiger partial charge is 0.457 e. The van der Waals surface area contributed by atoms with Gasteiger partial charge in [0, 0.05) is 92.5 Å². The topological polar surface area (TPSA) is 31.4 Å². The zero-order valence-electron chi connectivity index (χ0n) is 67.5. The highest BCUT2D eigenvalue weighted by Gasteiger charge is 2.50. The quantitative estimate of drug-likeness (QED) is 0.141. The molecular formula is C98H108B2N4O2. The standard InChI is InChI=1S/C98H108B2N4O2/c1-91(2,3)61-25-39-69(40-26-61)101-81-53-67(97(19,20)21)37-51-77(81)99-79-59-80-84(60-83(79)103(71-43-29-63(30-44-71)93(7,8)9)87-57-75(55-85(101)89(87)99)105-73-47-33-65(34-48-73)95(13,14)15)104(72-45-31-64(32-46-72)94(10,11)12)88-58-76(106-74-49-35-66(36-50-74)96(16,17)18)56-86-90(88)100(80)78-52-38-68(98(22,23)24)54-82(78)102(86)70-41-27-62(28-42-70)92(4,5)6/h25-60H,1-24H3. The van der Waals surface area contributed by atoms with Crippen LogP contribution in [-0.4, -0.2) is 13.4 Å². The highest BCUT2D eigenvalue weighted by molar-refractivity contribution is 7.03. The third kappa shape index (κ3) is 12.9. The number of hydrogen-bond donors (Lipinski definition) is 0. The predicted octanol–water partition coefficient (Wildman–Crippen LogP) is 23.8. The highest BCUT2D eigenvalue weighted by Crippen LogP contribution is 2.53. The van der Waals surface area contributed by atoms with Gasteiger partial charge in [0.15, 0.2) is 0 Å². The van der Waals surface area contributed by atoms with E-state index in [0.29, 0.717) is 0 Å². The average Bonchev–Trinajstić information content (AvgIpc) is 0.682. The molecule has 0 spiro atoms. The number of fused-ring (bicyclic) bond motifs is 8. The van der Waals surface area contributed by atoms with Crippen molar-refractivity contribution in [1.82, 2.24) is 0 Å². The Hall–Kier alpha value is -9.65. The summed E-state index contributed by atoms with van der Waals surface area (Å²) in [4.78, 5) is 10.3. The maximum Gasteiger partial charge on any atom is 0.252 e. The first-order valence-corrected chi connectivity index (χ1v) is 38.6. The van der Waals surface area contributed by atoms with Crippen LogP contribution in [0.25, 0.3) is 0 Å². The van der Waals surface area contributed by atoms with Crippen LogP contribution >= 0.6 is 0 Å². The number of rotatable bonds is 8. The zero-order valence-corrected chi connectivity index (χ0v) is 67.5. The van der Waals surface area contributed by atoms with Crippen molar-refractivity contribution in [2.45, 2.75) is 209 Å². The second-order valence-corrected chi connectivity index (χ2v) is 38.9. The maximum absolute atomic E-state index is 7.37. The normalized spacial score (nSPS) is 14.3. The van der Waals surface area contributed by atoms with Crippen LogP contribution in [0, 0.1) is 0 Å². The molecule has 11 aromatic carbocycles. The van der Waals surface area contributed by atoms with Gasteiger partial charge >= 0.3 is 0 Å². The highest BCUT2D eigenvalue weighted by atomic mass is 16.5. The number of anilines is 12. The van der Waals surface area contributed by atoms with E-state index in [0.717, 1.165) is 91.2 Å². The van der Waals surface area contributed by atoms with Gasteiger partial charge in [0.1, 0.15) is 23.0 Å². The summed E-state index contributed by atoms with van der Waals surface area (Å²) in [5, 5.41) is 0. The molecular weight excluding hydrogens is 1290 g/mol. The SMILES string of the molecule is CC(C)(C)c1ccc(Oc2cc3c4c(c2)N(c2ccc(C(C)(C)C)cc2)c2cc5c(cc2B4c2ccc(C(C)(C)C)cc2N3c2ccc(C(C)(C)C)cc2)B2c3ccc(C(C)(C)C)cc3N(c3ccc(C(C)(C)C)cc3)c3cc(Oc4ccc(C(C)(C)C)cc4)cc(c32)N5c2ccc(C(C)(C)C)cc2)cc1. The van der Waals surface area contributed by atoms with E-state index in [1.54, 1.807) is 0 Å². The van der Waals surface area contributed by atoms with Crippen LogP contribution in [0.4, 0.5) is 68.2 Å². The van der Waals surface area contributed by atoms with Crippen LogP contribution < -0.4 is 61.9 Å². The van der Waals surface area contributed by atoms with Gasteiger partial charge < -0.3 is 29.1 Å². The number of hydrogen-bond acceptors (Lipinski definition) is 6. The summed E-state index contributed by atoms with van der Waals surface area (Å²) in [5.74, 6) is 3.09. The van der Waals surface area contributed by atoms with Crippen molar-refractivity contribution in [3.8, 4) is 23.0 Å². The third-order valence-corrected chi connectivity index (χ3v) is 22.8. The summed E-state index contributed by atoms with van der Waals surface area (Å²) in [7, 11) is 0. The Bertz CT molecular complexity index is 4900. The summed E-state index contributed by atoms with van der Waals surface area (Å²) in [6, 6.07) is 84.5. The Balaban J connectivity index is 1.08. The monoisotopic (exact) mass is 1390 g/mol. The van der Waals surface area contributed by atoms with Crippen molar-refractivity contribution in [2.24, 2.45) is 0 Å². The Morgan fingerprint density at radius 2 is 0.396 bits per heavy atom. The molecule has 0 unspecified atom stereocenters. The molecule has 0 aliphatic carbocycles. The van der Waals surface area contributed by atoms with Gasteiger partial charge in [-0.05, 0) is 212 Å². The fourth-order valence-corrected chi connectivity index (χ4v) is 16.4. The smallest absolute Gasteiger partial charge is 0.252 e. The van der Waals surface area contributed by atoms with E-state index >= 15 is 0 Å². The van der Waals surface area contributed by atoms with Gasteiger partial charge in [0.05, 0.1) is 0 Å². The first-order chi connectivity index (χ1) is 49.6. The minimum atomic E-state index is -0.227. The van der Waals surface area contributed by atoms with Crippen molar-refractivity contribution in [1.29, 1.82) is 0 Å². The van der Waals surface area contributed by atoms with Crippen LogP contribution in [-0.2, 0) is 43.3 Å². The molecule has 0 fully saturated rings. The molecule has 4 aliphatic heterocycles. The molecule has 538 valence electrons. The van der Waals surface area contributed by atoms with E-state index < -0.39 is 0 Å². The van der Waals surface area contributed by atoms with E-state index in [4.69, 9.17) is 9.47 Å². The van der Waals surface area contributed by atoms with E-state index in [1.807, 2.05) is 0 Å². The van der Waals surface area contributed by atoms with E-state index in [2.05, 4.69) is 404 Å². The summed E-state index contributed by atoms with van der Waals surface area (Å²) < 4.78 is 14.7. The molecule has 0 saturated heterocycles. The molecule has 0 amide bonds. The molecule has 11 aromatic rings. The van der Waals surface area contributed by atoms with Crippen molar-refractivity contribution < 1.29 is 9.47 Å². The lowest BCUT2D eigenvalue weighted by Gasteiger charge is -2.47. The molecule has 0 radical (unpaired) electrons. The number of benzene rings is 11. The van der Waals surface area contributed by atoms with Crippen LogP contribution in [0.15, 0.2) is 218 Å².